The van der Waals surface area contributed by atoms with E-state index in [1.54, 1.807) is 9.80 Å². The number of urea groups is 1. The lowest BCUT2D eigenvalue weighted by atomic mass is 10.1. The average molecular weight is 506 g/mol. The maximum Gasteiger partial charge on any atom is 0.326 e. The third kappa shape index (κ3) is 6.46. The Morgan fingerprint density at radius 1 is 1.22 bits per heavy atom. The van der Waals surface area contributed by atoms with Crippen molar-refractivity contribution in [3.63, 3.8) is 0 Å². The molecule has 1 atom stereocenters. The Hall–Kier alpha value is -3.46. The van der Waals surface area contributed by atoms with Gasteiger partial charge in [0.2, 0.25) is 11.9 Å². The zero-order valence-electron chi connectivity index (χ0n) is 22.1. The Labute approximate surface area is 220 Å². The van der Waals surface area contributed by atoms with Crippen LogP contribution in [-0.2, 0) is 17.9 Å². The molecule has 2 aromatic rings. The second-order valence-corrected chi connectivity index (χ2v) is 9.63. The van der Waals surface area contributed by atoms with Crippen LogP contribution in [0.3, 0.4) is 0 Å². The summed E-state index contributed by atoms with van der Waals surface area (Å²) in [7, 11) is 0. The van der Waals surface area contributed by atoms with Gasteiger partial charge in [-0.3, -0.25) is 9.69 Å². The monoisotopic (exact) mass is 505 g/mol. The average Bonchev–Trinajstić information content (AvgIpc) is 3.41. The molecule has 3 amide bonds. The maximum atomic E-state index is 13.8. The fourth-order valence-corrected chi connectivity index (χ4v) is 5.06. The smallest absolute Gasteiger partial charge is 0.326 e. The molecule has 9 heteroatoms. The summed E-state index contributed by atoms with van der Waals surface area (Å²) >= 11 is 0. The molecule has 4 rings (SSSR count). The van der Waals surface area contributed by atoms with Crippen LogP contribution in [0.4, 0.5) is 16.6 Å². The van der Waals surface area contributed by atoms with Crippen LogP contribution in [0, 0.1) is 0 Å². The van der Waals surface area contributed by atoms with Gasteiger partial charge in [0.25, 0.3) is 0 Å². The second-order valence-electron chi connectivity index (χ2n) is 9.63. The van der Waals surface area contributed by atoms with E-state index < -0.39 is 0 Å². The molecule has 0 aliphatic carbocycles. The first kappa shape index (κ1) is 26.6. The largest absolute Gasteiger partial charge is 0.354 e. The number of nitrogens with zero attached hydrogens (tertiary/aromatic N) is 6. The number of hydrogen-bond donors (Lipinski definition) is 1. The molecule has 1 saturated heterocycles. The van der Waals surface area contributed by atoms with E-state index in [0.717, 1.165) is 50.1 Å². The molecule has 0 radical (unpaired) electrons. The Kier molecular flexibility index (Phi) is 9.11. The van der Waals surface area contributed by atoms with Gasteiger partial charge in [0.15, 0.2) is 0 Å². The van der Waals surface area contributed by atoms with Gasteiger partial charge < -0.3 is 20.0 Å². The first-order valence-electron chi connectivity index (χ1n) is 13.4. The minimum Gasteiger partial charge on any atom is -0.354 e. The topological polar surface area (TPSA) is 84.9 Å². The van der Waals surface area contributed by atoms with Crippen LogP contribution < -0.4 is 10.2 Å². The lowest BCUT2D eigenvalue weighted by Gasteiger charge is -2.39. The number of likely N-dealkylation sites (tertiary alicyclic amines) is 1. The first-order valence-corrected chi connectivity index (χ1v) is 13.4. The lowest BCUT2D eigenvalue weighted by Crippen LogP contribution is -2.52. The molecule has 1 fully saturated rings. The van der Waals surface area contributed by atoms with E-state index in [0.29, 0.717) is 44.4 Å². The fourth-order valence-electron chi connectivity index (χ4n) is 5.06. The highest BCUT2D eigenvalue weighted by molar-refractivity contribution is 5.95. The molecular formula is C28H39N7O2. The number of anilines is 2. The summed E-state index contributed by atoms with van der Waals surface area (Å²) in [6.45, 7) is 14.0. The van der Waals surface area contributed by atoms with Crippen LogP contribution in [-0.4, -0.2) is 81.9 Å². The number of aromatic nitrogens is 2. The molecule has 9 nitrogen and oxygen atoms in total. The minimum atomic E-state index is -0.148. The number of nitrogens with one attached hydrogen (secondary N) is 1. The number of hydrogen-bond acceptors (Lipinski definition) is 6. The summed E-state index contributed by atoms with van der Waals surface area (Å²) in [5, 5.41) is 3.35. The quantitative estimate of drug-likeness (QED) is 0.349. The molecule has 198 valence electrons. The number of fused-ring (bicyclic) bond motifs is 1. The van der Waals surface area contributed by atoms with Crippen LogP contribution in [0.1, 0.15) is 44.2 Å². The third-order valence-corrected chi connectivity index (χ3v) is 7.22. The van der Waals surface area contributed by atoms with E-state index in [4.69, 9.17) is 4.98 Å². The predicted molar refractivity (Wildman–Crippen MR) is 146 cm³/mol. The van der Waals surface area contributed by atoms with E-state index in [2.05, 4.69) is 35.6 Å². The van der Waals surface area contributed by atoms with Crippen molar-refractivity contribution in [2.24, 2.45) is 0 Å². The normalized spacial score (nSPS) is 17.3. The highest BCUT2D eigenvalue weighted by Gasteiger charge is 2.40. The van der Waals surface area contributed by atoms with Gasteiger partial charge in [0, 0.05) is 37.9 Å². The highest BCUT2D eigenvalue weighted by atomic mass is 16.2. The molecular weight excluding hydrogens is 466 g/mol. The van der Waals surface area contributed by atoms with Gasteiger partial charge in [-0.2, -0.15) is 4.98 Å². The Bertz CT molecular complexity index is 1070. The van der Waals surface area contributed by atoms with Crippen molar-refractivity contribution in [2.45, 2.75) is 52.2 Å². The maximum absolute atomic E-state index is 13.8. The van der Waals surface area contributed by atoms with Gasteiger partial charge in [0.05, 0.1) is 12.6 Å². The molecule has 0 bridgehead atoms. The molecule has 2 aliphatic heterocycles. The van der Waals surface area contributed by atoms with E-state index in [1.807, 2.05) is 41.4 Å². The van der Waals surface area contributed by atoms with Gasteiger partial charge >= 0.3 is 6.03 Å². The second kappa shape index (κ2) is 12.7. The molecule has 3 heterocycles. The minimum absolute atomic E-state index is 0.0851. The van der Waals surface area contributed by atoms with Crippen LogP contribution >= 0.6 is 0 Å². The van der Waals surface area contributed by atoms with Gasteiger partial charge in [-0.1, -0.05) is 50.8 Å². The predicted octanol–water partition coefficient (Wildman–Crippen LogP) is 3.74. The Balaban J connectivity index is 1.50. The molecule has 0 saturated carbocycles. The Morgan fingerprint density at radius 3 is 2.73 bits per heavy atom. The molecule has 2 aliphatic rings. The van der Waals surface area contributed by atoms with Crippen molar-refractivity contribution >= 4 is 23.7 Å². The van der Waals surface area contributed by atoms with Crippen molar-refractivity contribution in [1.29, 1.82) is 0 Å². The van der Waals surface area contributed by atoms with Gasteiger partial charge in [0.1, 0.15) is 5.82 Å². The first-order chi connectivity index (χ1) is 18.0. The molecule has 0 spiro atoms. The van der Waals surface area contributed by atoms with Crippen molar-refractivity contribution in [3.05, 3.63) is 60.3 Å². The molecule has 37 heavy (non-hydrogen) atoms. The Morgan fingerprint density at radius 2 is 2.00 bits per heavy atom. The standard InChI is InChI=1S/C28H39N7O2/c1-4-25(36)33-17-14-24(21-33)35-26-23(20-34(28(35)37)19-22-12-8-7-9-13-22)18-30-27(31-26)29-15-10-11-16-32(5-2)6-3/h4,7-9,12-13,18,24H,1,5-6,10-11,14-17,19-21H2,2-3H3,(H,29,30,31)/t24-/m0/s1. The number of rotatable bonds is 12. The summed E-state index contributed by atoms with van der Waals surface area (Å²) in [4.78, 5) is 43.2. The number of carbonyl (C=O) groups excluding carboxylic acids is 2. The summed E-state index contributed by atoms with van der Waals surface area (Å²) < 4.78 is 0. The summed E-state index contributed by atoms with van der Waals surface area (Å²) in [6, 6.07) is 9.75. The summed E-state index contributed by atoms with van der Waals surface area (Å²) in [5.74, 6) is 1.07. The van der Waals surface area contributed by atoms with E-state index >= 15 is 0 Å². The van der Waals surface area contributed by atoms with Crippen LogP contribution in [0.15, 0.2) is 49.2 Å². The third-order valence-electron chi connectivity index (χ3n) is 7.22. The van der Waals surface area contributed by atoms with Crippen LogP contribution in [0.5, 0.6) is 0 Å². The van der Waals surface area contributed by atoms with Crippen molar-refractivity contribution in [1.82, 2.24) is 24.7 Å². The van der Waals surface area contributed by atoms with Gasteiger partial charge in [-0.25, -0.2) is 9.78 Å². The van der Waals surface area contributed by atoms with Crippen molar-refractivity contribution < 1.29 is 9.59 Å². The van der Waals surface area contributed by atoms with Crippen molar-refractivity contribution in [3.8, 4) is 0 Å². The van der Waals surface area contributed by atoms with Crippen LogP contribution in [0.25, 0.3) is 0 Å². The van der Waals surface area contributed by atoms with Gasteiger partial charge in [-0.15, -0.1) is 0 Å². The van der Waals surface area contributed by atoms with E-state index in [-0.39, 0.29) is 18.0 Å². The number of unbranched alkanes of at least 4 members (excludes halogenated alkanes) is 1. The zero-order chi connectivity index (χ0) is 26.2. The summed E-state index contributed by atoms with van der Waals surface area (Å²) in [5.41, 5.74) is 1.98. The van der Waals surface area contributed by atoms with Crippen LogP contribution in [0.2, 0.25) is 0 Å². The molecule has 1 N–H and O–H groups in total. The van der Waals surface area contributed by atoms with E-state index in [9.17, 15) is 9.59 Å². The van der Waals surface area contributed by atoms with Crippen molar-refractivity contribution in [2.75, 3.05) is 49.5 Å². The molecule has 0 unspecified atom stereocenters. The summed E-state index contributed by atoms with van der Waals surface area (Å²) in [6.07, 6.45) is 5.99. The zero-order valence-corrected chi connectivity index (χ0v) is 22.1. The molecule has 1 aromatic heterocycles. The number of benzene rings is 1. The molecule has 1 aromatic carbocycles. The SMILES string of the molecule is C=CC(=O)N1CC[C@H](N2C(=O)N(Cc3ccccc3)Cc3cnc(NCCCCN(CC)CC)nc32)C1. The fraction of sp³-hybridized carbons (Fsp3) is 0.500. The number of carbonyl (C=O) groups is 2. The lowest BCUT2D eigenvalue weighted by molar-refractivity contribution is -0.125. The highest BCUT2D eigenvalue weighted by Crippen LogP contribution is 2.32. The number of amides is 3. The van der Waals surface area contributed by atoms with Gasteiger partial charge in [-0.05, 0) is 50.5 Å². The van der Waals surface area contributed by atoms with E-state index in [1.165, 1.54) is 6.08 Å².